The molecule has 0 heterocycles. The van der Waals surface area contributed by atoms with Crippen LogP contribution in [-0.4, -0.2) is 13.1 Å². The van der Waals surface area contributed by atoms with Gasteiger partial charge in [-0.3, -0.25) is 0 Å². The summed E-state index contributed by atoms with van der Waals surface area (Å²) in [4.78, 5) is 0. The molecule has 1 aromatic carbocycles. The van der Waals surface area contributed by atoms with Crippen molar-refractivity contribution in [3.63, 3.8) is 0 Å². The first kappa shape index (κ1) is 11.9. The molecule has 0 amide bonds. The van der Waals surface area contributed by atoms with Gasteiger partial charge in [0.25, 0.3) is 0 Å². The van der Waals surface area contributed by atoms with Crippen LogP contribution in [0.5, 0.6) is 0 Å². The third kappa shape index (κ3) is 2.55. The summed E-state index contributed by atoms with van der Waals surface area (Å²) in [5.74, 6) is 0.490. The van der Waals surface area contributed by atoms with E-state index >= 15 is 0 Å². The maximum Gasteiger partial charge on any atom is 0.124 e. The van der Waals surface area contributed by atoms with Crippen LogP contribution in [0.25, 0.3) is 0 Å². The molecule has 0 bridgehead atoms. The van der Waals surface area contributed by atoms with Gasteiger partial charge in [0.05, 0.1) is 0 Å². The normalized spacial score (nSPS) is 18.2. The second-order valence-electron chi connectivity index (χ2n) is 4.53. The van der Waals surface area contributed by atoms with Gasteiger partial charge in [-0.1, -0.05) is 24.1 Å². The second-order valence-corrected chi connectivity index (χ2v) is 4.93. The smallest absolute Gasteiger partial charge is 0.124 e. The summed E-state index contributed by atoms with van der Waals surface area (Å²) in [7, 11) is 1.99. The van der Waals surface area contributed by atoms with E-state index in [1.165, 1.54) is 31.4 Å². The Morgan fingerprint density at radius 1 is 1.50 bits per heavy atom. The number of benzene rings is 1. The maximum absolute atomic E-state index is 12.9. The van der Waals surface area contributed by atoms with Crippen LogP contribution in [0.4, 0.5) is 4.39 Å². The molecule has 1 saturated carbocycles. The summed E-state index contributed by atoms with van der Waals surface area (Å²) in [6, 6.07) is 5.14. The number of rotatable bonds is 4. The number of halogens is 2. The van der Waals surface area contributed by atoms with Crippen molar-refractivity contribution in [1.29, 1.82) is 0 Å². The zero-order chi connectivity index (χ0) is 11.5. The summed E-state index contributed by atoms with van der Waals surface area (Å²) in [6.07, 6.45) is 4.81. The lowest BCUT2D eigenvalue weighted by atomic mass is 9.78. The van der Waals surface area contributed by atoms with E-state index in [-0.39, 0.29) is 5.82 Å². The molecule has 16 heavy (non-hydrogen) atoms. The molecule has 0 spiro atoms. The Labute approximate surface area is 101 Å². The van der Waals surface area contributed by atoms with E-state index in [9.17, 15) is 4.39 Å². The Kier molecular flexibility index (Phi) is 3.82. The minimum atomic E-state index is -0.265. The van der Waals surface area contributed by atoms with Crippen molar-refractivity contribution < 1.29 is 4.39 Å². The minimum absolute atomic E-state index is 0.265. The molecule has 88 valence electrons. The zero-order valence-corrected chi connectivity index (χ0v) is 10.2. The van der Waals surface area contributed by atoms with E-state index in [4.69, 9.17) is 11.6 Å². The highest BCUT2D eigenvalue weighted by molar-refractivity contribution is 6.31. The van der Waals surface area contributed by atoms with Crippen LogP contribution in [-0.2, 0) is 6.42 Å². The van der Waals surface area contributed by atoms with Crippen molar-refractivity contribution >= 4 is 11.6 Å². The molecular formula is C13H17ClFN. The fraction of sp³-hybridized carbons (Fsp3) is 0.538. The van der Waals surface area contributed by atoms with Gasteiger partial charge in [-0.05, 0) is 49.9 Å². The largest absolute Gasteiger partial charge is 0.316 e. The molecule has 1 nitrogen and oxygen atoms in total. The Hall–Kier alpha value is -0.600. The summed E-state index contributed by atoms with van der Waals surface area (Å²) in [6.45, 7) is 0. The zero-order valence-electron chi connectivity index (χ0n) is 9.47. The van der Waals surface area contributed by atoms with Crippen LogP contribution >= 0.6 is 11.6 Å². The SMILES string of the molecule is CNC(Cc1ccc(F)cc1Cl)C1CCC1. The van der Waals surface area contributed by atoms with Crippen molar-refractivity contribution in [3.05, 3.63) is 34.6 Å². The van der Waals surface area contributed by atoms with Crippen molar-refractivity contribution in [2.45, 2.75) is 31.7 Å². The summed E-state index contributed by atoms with van der Waals surface area (Å²) in [5, 5.41) is 3.88. The molecule has 1 fully saturated rings. The average Bonchev–Trinajstić information content (AvgIpc) is 2.18. The van der Waals surface area contributed by atoms with Crippen LogP contribution in [0.1, 0.15) is 24.8 Å². The first-order valence-corrected chi connectivity index (χ1v) is 6.19. The third-order valence-corrected chi connectivity index (χ3v) is 3.90. The standard InChI is InChI=1S/C13H17ClFN/c1-16-13(9-3-2-4-9)7-10-5-6-11(15)8-12(10)14/h5-6,8-9,13,16H,2-4,7H2,1H3. The molecule has 1 atom stereocenters. The molecule has 3 heteroatoms. The molecule has 1 N–H and O–H groups in total. The third-order valence-electron chi connectivity index (χ3n) is 3.54. The molecule has 0 radical (unpaired) electrons. The predicted molar refractivity (Wildman–Crippen MR) is 65.3 cm³/mol. The lowest BCUT2D eigenvalue weighted by Crippen LogP contribution is -2.39. The van der Waals surface area contributed by atoms with Gasteiger partial charge in [0, 0.05) is 11.1 Å². The minimum Gasteiger partial charge on any atom is -0.316 e. The van der Waals surface area contributed by atoms with Gasteiger partial charge in [0.15, 0.2) is 0 Å². The number of hydrogen-bond acceptors (Lipinski definition) is 1. The lowest BCUT2D eigenvalue weighted by Gasteiger charge is -2.33. The fourth-order valence-corrected chi connectivity index (χ4v) is 2.52. The van der Waals surface area contributed by atoms with Crippen LogP contribution in [0.15, 0.2) is 18.2 Å². The molecule has 1 aliphatic rings. The average molecular weight is 242 g/mol. The molecule has 0 aliphatic heterocycles. The first-order chi connectivity index (χ1) is 7.70. The Morgan fingerprint density at radius 2 is 2.25 bits per heavy atom. The van der Waals surface area contributed by atoms with E-state index in [2.05, 4.69) is 5.32 Å². The van der Waals surface area contributed by atoms with Crippen LogP contribution in [0.3, 0.4) is 0 Å². The highest BCUT2D eigenvalue weighted by atomic mass is 35.5. The fourth-order valence-electron chi connectivity index (χ4n) is 2.27. The lowest BCUT2D eigenvalue weighted by molar-refractivity contribution is 0.236. The van der Waals surface area contributed by atoms with Crippen molar-refractivity contribution in [2.75, 3.05) is 7.05 Å². The van der Waals surface area contributed by atoms with Crippen LogP contribution in [0.2, 0.25) is 5.02 Å². The quantitative estimate of drug-likeness (QED) is 0.852. The van der Waals surface area contributed by atoms with Crippen molar-refractivity contribution in [3.8, 4) is 0 Å². The number of hydrogen-bond donors (Lipinski definition) is 1. The maximum atomic E-state index is 12.9. The number of likely N-dealkylation sites (N-methyl/N-ethyl adjacent to an activating group) is 1. The van der Waals surface area contributed by atoms with Crippen LogP contribution < -0.4 is 5.32 Å². The molecule has 0 saturated heterocycles. The van der Waals surface area contributed by atoms with Gasteiger partial charge in [-0.2, -0.15) is 0 Å². The first-order valence-electron chi connectivity index (χ1n) is 5.82. The molecule has 1 unspecified atom stereocenters. The second kappa shape index (κ2) is 5.15. The van der Waals surface area contributed by atoms with Gasteiger partial charge in [0.2, 0.25) is 0 Å². The molecule has 0 aromatic heterocycles. The van der Waals surface area contributed by atoms with E-state index < -0.39 is 0 Å². The summed E-state index contributed by atoms with van der Waals surface area (Å²) >= 11 is 6.03. The molecule has 1 aliphatic carbocycles. The van der Waals surface area contributed by atoms with Crippen molar-refractivity contribution in [2.24, 2.45) is 5.92 Å². The van der Waals surface area contributed by atoms with Gasteiger partial charge in [0.1, 0.15) is 5.82 Å². The monoisotopic (exact) mass is 241 g/mol. The highest BCUT2D eigenvalue weighted by Crippen LogP contribution is 2.32. The van der Waals surface area contributed by atoms with Crippen molar-refractivity contribution in [1.82, 2.24) is 5.32 Å². The molecule has 2 rings (SSSR count). The number of nitrogens with one attached hydrogen (secondary N) is 1. The Bertz CT molecular complexity index is 363. The predicted octanol–water partition coefficient (Wildman–Crippen LogP) is 3.41. The summed E-state index contributed by atoms with van der Waals surface area (Å²) < 4.78 is 12.9. The molecular weight excluding hydrogens is 225 g/mol. The van der Waals surface area contributed by atoms with E-state index in [1.54, 1.807) is 6.07 Å². The Morgan fingerprint density at radius 3 is 2.75 bits per heavy atom. The topological polar surface area (TPSA) is 12.0 Å². The van der Waals surface area contributed by atoms with Gasteiger partial charge >= 0.3 is 0 Å². The van der Waals surface area contributed by atoms with E-state index in [1.807, 2.05) is 7.05 Å². The van der Waals surface area contributed by atoms with Crippen LogP contribution in [0, 0.1) is 11.7 Å². The van der Waals surface area contributed by atoms with Gasteiger partial charge in [-0.15, -0.1) is 0 Å². The Balaban J connectivity index is 2.06. The van der Waals surface area contributed by atoms with Gasteiger partial charge < -0.3 is 5.32 Å². The molecule has 1 aromatic rings. The van der Waals surface area contributed by atoms with E-state index in [0.29, 0.717) is 11.1 Å². The highest BCUT2D eigenvalue weighted by Gasteiger charge is 2.26. The van der Waals surface area contributed by atoms with Gasteiger partial charge in [-0.25, -0.2) is 4.39 Å². The van der Waals surface area contributed by atoms with E-state index in [0.717, 1.165) is 17.9 Å². The summed E-state index contributed by atoms with van der Waals surface area (Å²) in [5.41, 5.74) is 1.04.